The molecular formula is C25H27NO4S. The van der Waals surface area contributed by atoms with Crippen molar-refractivity contribution in [3.05, 3.63) is 89.5 Å². The molecule has 0 aromatic heterocycles. The maximum Gasteiger partial charge on any atom is 0.235 e. The van der Waals surface area contributed by atoms with E-state index in [1.807, 2.05) is 50.2 Å². The van der Waals surface area contributed by atoms with Crippen molar-refractivity contribution in [2.24, 2.45) is 0 Å². The number of benzene rings is 3. The number of anilines is 1. The Morgan fingerprint density at radius 3 is 1.90 bits per heavy atom. The molecule has 1 N–H and O–H groups in total. The number of ether oxygens (including phenoxy) is 1. The van der Waals surface area contributed by atoms with Gasteiger partial charge in [0.05, 0.1) is 23.2 Å². The summed E-state index contributed by atoms with van der Waals surface area (Å²) in [6.07, 6.45) is 0. The highest BCUT2D eigenvalue weighted by Gasteiger charge is 2.40. The van der Waals surface area contributed by atoms with Gasteiger partial charge in [0, 0.05) is 5.69 Å². The molecule has 0 radical (unpaired) electrons. The van der Waals surface area contributed by atoms with E-state index >= 15 is 0 Å². The Kier molecular flexibility index (Phi) is 6.51. The van der Waals surface area contributed by atoms with E-state index in [2.05, 4.69) is 5.32 Å². The quantitative estimate of drug-likeness (QED) is 0.582. The number of carbonyl (C=O) groups is 1. The second-order valence-corrected chi connectivity index (χ2v) is 9.94. The minimum absolute atomic E-state index is 0.148. The summed E-state index contributed by atoms with van der Waals surface area (Å²) in [5, 5.41) is 2.89. The Hall–Kier alpha value is -3.12. The van der Waals surface area contributed by atoms with Crippen molar-refractivity contribution < 1.29 is 17.9 Å². The third-order valence-corrected chi connectivity index (χ3v) is 7.34. The molecule has 162 valence electrons. The highest BCUT2D eigenvalue weighted by molar-refractivity contribution is 7.91. The summed E-state index contributed by atoms with van der Waals surface area (Å²) >= 11 is 0. The van der Waals surface area contributed by atoms with Gasteiger partial charge in [0.25, 0.3) is 0 Å². The SMILES string of the molecule is COc1ccc(S(=O)(=O)CC(C)(C(=O)Nc2ccc(C)cc2)c2ccc(C)cc2)cc1. The largest absolute Gasteiger partial charge is 0.497 e. The summed E-state index contributed by atoms with van der Waals surface area (Å²) in [5.41, 5.74) is 2.07. The monoisotopic (exact) mass is 437 g/mol. The number of amides is 1. The van der Waals surface area contributed by atoms with Gasteiger partial charge in [-0.3, -0.25) is 4.79 Å². The molecule has 1 unspecified atom stereocenters. The average Bonchev–Trinajstić information content (AvgIpc) is 2.75. The first-order chi connectivity index (χ1) is 14.6. The molecule has 0 heterocycles. The third kappa shape index (κ3) is 5.14. The van der Waals surface area contributed by atoms with Crippen LogP contribution in [0.2, 0.25) is 0 Å². The molecule has 3 aromatic rings. The lowest BCUT2D eigenvalue weighted by atomic mass is 9.83. The number of nitrogens with one attached hydrogen (secondary N) is 1. The molecule has 0 bridgehead atoms. The number of hydrogen-bond donors (Lipinski definition) is 1. The lowest BCUT2D eigenvalue weighted by molar-refractivity contribution is -0.120. The Bertz CT molecular complexity index is 1150. The molecule has 0 aliphatic heterocycles. The van der Waals surface area contributed by atoms with E-state index in [1.165, 1.54) is 19.2 Å². The van der Waals surface area contributed by atoms with E-state index in [9.17, 15) is 13.2 Å². The lowest BCUT2D eigenvalue weighted by Crippen LogP contribution is -2.43. The first-order valence-electron chi connectivity index (χ1n) is 9.96. The number of carbonyl (C=O) groups excluding carboxylic acids is 1. The van der Waals surface area contributed by atoms with Gasteiger partial charge in [-0.25, -0.2) is 8.42 Å². The van der Waals surface area contributed by atoms with E-state index in [4.69, 9.17) is 4.74 Å². The molecule has 0 fully saturated rings. The smallest absolute Gasteiger partial charge is 0.235 e. The zero-order valence-corrected chi connectivity index (χ0v) is 19.0. The van der Waals surface area contributed by atoms with Gasteiger partial charge in [-0.2, -0.15) is 0 Å². The molecule has 0 aliphatic carbocycles. The maximum atomic E-state index is 13.4. The van der Waals surface area contributed by atoms with Crippen molar-refractivity contribution in [3.8, 4) is 5.75 Å². The first kappa shape index (κ1) is 22.6. The van der Waals surface area contributed by atoms with Crippen molar-refractivity contribution >= 4 is 21.4 Å². The van der Waals surface area contributed by atoms with Crippen molar-refractivity contribution in [1.82, 2.24) is 0 Å². The van der Waals surface area contributed by atoms with Gasteiger partial charge >= 0.3 is 0 Å². The predicted octanol–water partition coefficient (Wildman–Crippen LogP) is 4.68. The van der Waals surface area contributed by atoms with Crippen molar-refractivity contribution in [3.63, 3.8) is 0 Å². The summed E-state index contributed by atoms with van der Waals surface area (Å²) in [4.78, 5) is 13.6. The van der Waals surface area contributed by atoms with Crippen LogP contribution < -0.4 is 10.1 Å². The fourth-order valence-electron chi connectivity index (χ4n) is 3.35. The Morgan fingerprint density at radius 2 is 1.39 bits per heavy atom. The number of rotatable bonds is 7. The molecule has 31 heavy (non-hydrogen) atoms. The normalized spacial score (nSPS) is 13.3. The van der Waals surface area contributed by atoms with Gasteiger partial charge in [0.15, 0.2) is 9.84 Å². The number of sulfone groups is 1. The van der Waals surface area contributed by atoms with E-state index < -0.39 is 15.3 Å². The van der Waals surface area contributed by atoms with E-state index in [0.29, 0.717) is 17.0 Å². The molecule has 0 saturated carbocycles. The molecule has 6 heteroatoms. The summed E-state index contributed by atoms with van der Waals surface area (Å²) in [5.74, 6) is -0.178. The Labute approximate surface area is 184 Å². The average molecular weight is 438 g/mol. The van der Waals surface area contributed by atoms with Gasteiger partial charge in [0.2, 0.25) is 5.91 Å². The van der Waals surface area contributed by atoms with Gasteiger partial charge in [-0.15, -0.1) is 0 Å². The van der Waals surface area contributed by atoms with Crippen LogP contribution >= 0.6 is 0 Å². The highest BCUT2D eigenvalue weighted by Crippen LogP contribution is 2.31. The summed E-state index contributed by atoms with van der Waals surface area (Å²) in [7, 11) is -2.24. The zero-order chi connectivity index (χ0) is 22.6. The van der Waals surface area contributed by atoms with Crippen LogP contribution in [0.15, 0.2) is 77.7 Å². The molecule has 3 rings (SSSR count). The topological polar surface area (TPSA) is 72.5 Å². The molecule has 3 aromatic carbocycles. The van der Waals surface area contributed by atoms with Crippen LogP contribution in [0, 0.1) is 13.8 Å². The van der Waals surface area contributed by atoms with Crippen molar-refractivity contribution in [2.45, 2.75) is 31.1 Å². The van der Waals surface area contributed by atoms with E-state index in [0.717, 1.165) is 11.1 Å². The number of hydrogen-bond acceptors (Lipinski definition) is 4. The van der Waals surface area contributed by atoms with Gasteiger partial charge < -0.3 is 10.1 Å². The summed E-state index contributed by atoms with van der Waals surface area (Å²) in [6, 6.07) is 21.0. The summed E-state index contributed by atoms with van der Waals surface area (Å²) in [6.45, 7) is 5.58. The molecule has 0 saturated heterocycles. The first-order valence-corrected chi connectivity index (χ1v) is 11.6. The Morgan fingerprint density at radius 1 is 0.871 bits per heavy atom. The van der Waals surface area contributed by atoms with Gasteiger partial charge in [0.1, 0.15) is 5.75 Å². The minimum Gasteiger partial charge on any atom is -0.497 e. The molecule has 5 nitrogen and oxygen atoms in total. The lowest BCUT2D eigenvalue weighted by Gasteiger charge is -2.29. The minimum atomic E-state index is -3.76. The van der Waals surface area contributed by atoms with Crippen LogP contribution in [0.4, 0.5) is 5.69 Å². The number of aryl methyl sites for hydroxylation is 2. The molecule has 0 spiro atoms. The van der Waals surface area contributed by atoms with Gasteiger partial charge in [-0.1, -0.05) is 47.5 Å². The molecular weight excluding hydrogens is 410 g/mol. The predicted molar refractivity (Wildman–Crippen MR) is 123 cm³/mol. The standard InChI is InChI=1S/C25H27NO4S/c1-18-5-9-20(10-6-18)25(3,24(27)26-21-11-7-19(2)8-12-21)17-31(28,29)23-15-13-22(30-4)14-16-23/h5-16H,17H2,1-4H3,(H,26,27). The fourth-order valence-corrected chi connectivity index (χ4v) is 5.13. The molecule has 0 aliphatic rings. The Balaban J connectivity index is 1.99. The van der Waals surface area contributed by atoms with Crippen LogP contribution in [0.1, 0.15) is 23.6 Å². The second kappa shape index (κ2) is 8.94. The van der Waals surface area contributed by atoms with Crippen LogP contribution in [0.5, 0.6) is 5.75 Å². The van der Waals surface area contributed by atoms with Crippen LogP contribution in [0.3, 0.4) is 0 Å². The maximum absolute atomic E-state index is 13.4. The fraction of sp³-hybridized carbons (Fsp3) is 0.240. The van der Waals surface area contributed by atoms with Gasteiger partial charge in [-0.05, 0) is 62.7 Å². The third-order valence-electron chi connectivity index (χ3n) is 5.40. The van der Waals surface area contributed by atoms with Crippen LogP contribution in [-0.4, -0.2) is 27.2 Å². The molecule has 1 atom stereocenters. The van der Waals surface area contributed by atoms with E-state index in [-0.39, 0.29) is 16.6 Å². The highest BCUT2D eigenvalue weighted by atomic mass is 32.2. The molecule has 1 amide bonds. The van der Waals surface area contributed by atoms with Crippen molar-refractivity contribution in [1.29, 1.82) is 0 Å². The van der Waals surface area contributed by atoms with Crippen LogP contribution in [-0.2, 0) is 20.0 Å². The zero-order valence-electron chi connectivity index (χ0n) is 18.2. The second-order valence-electron chi connectivity index (χ2n) is 7.95. The van der Waals surface area contributed by atoms with Crippen molar-refractivity contribution in [2.75, 3.05) is 18.2 Å². The van der Waals surface area contributed by atoms with E-state index in [1.54, 1.807) is 31.2 Å². The van der Waals surface area contributed by atoms with Crippen LogP contribution in [0.25, 0.3) is 0 Å². The summed E-state index contributed by atoms with van der Waals surface area (Å²) < 4.78 is 31.7. The number of methoxy groups -OCH3 is 1.